The van der Waals surface area contributed by atoms with Gasteiger partial charge in [-0.15, -0.1) is 0 Å². The Kier molecular flexibility index (Phi) is 6.60. The summed E-state index contributed by atoms with van der Waals surface area (Å²) in [5.41, 5.74) is 3.53. The summed E-state index contributed by atoms with van der Waals surface area (Å²) in [7, 11) is -3.42. The minimum Gasteiger partial charge on any atom is -0.352 e. The van der Waals surface area contributed by atoms with Gasteiger partial charge in [-0.25, -0.2) is 9.97 Å². The van der Waals surface area contributed by atoms with Gasteiger partial charge < -0.3 is 4.90 Å². The van der Waals surface area contributed by atoms with Crippen LogP contribution < -0.4 is 4.90 Å². The van der Waals surface area contributed by atoms with Gasteiger partial charge in [-0.05, 0) is 31.7 Å². The molecule has 1 saturated heterocycles. The van der Waals surface area contributed by atoms with Gasteiger partial charge in [0.05, 0.1) is 0 Å². The van der Waals surface area contributed by atoms with Crippen LogP contribution >= 0.6 is 0 Å². The number of fused-ring (bicyclic) bond motifs is 1. The molecule has 7 nitrogen and oxygen atoms in total. The summed E-state index contributed by atoms with van der Waals surface area (Å²) in [6.07, 6.45) is 2.86. The third kappa shape index (κ3) is 4.47. The highest BCUT2D eigenvalue weighted by atomic mass is 32.2. The summed E-state index contributed by atoms with van der Waals surface area (Å²) < 4.78 is 29.0. The monoisotopic (exact) mass is 443 g/mol. The van der Waals surface area contributed by atoms with Crippen LogP contribution in [-0.4, -0.2) is 59.7 Å². The molecule has 1 fully saturated rings. The van der Waals surface area contributed by atoms with Crippen LogP contribution in [0.5, 0.6) is 0 Å². The minimum absolute atomic E-state index is 0.0369. The second-order valence-electron chi connectivity index (χ2n) is 8.42. The van der Waals surface area contributed by atoms with Crippen molar-refractivity contribution in [1.29, 1.82) is 0 Å². The van der Waals surface area contributed by atoms with Gasteiger partial charge in [0.25, 0.3) is 10.2 Å². The third-order valence-electron chi connectivity index (χ3n) is 6.45. The van der Waals surface area contributed by atoms with Crippen molar-refractivity contribution in [3.8, 4) is 0 Å². The molecule has 0 unspecified atom stereocenters. The zero-order valence-corrected chi connectivity index (χ0v) is 19.6. The number of nitrogens with zero attached hydrogens (tertiary/aromatic N) is 5. The smallest absolute Gasteiger partial charge is 0.281 e. The average Bonchev–Trinajstić information content (AvgIpc) is 3.27. The van der Waals surface area contributed by atoms with Crippen LogP contribution in [0, 0.1) is 6.92 Å². The van der Waals surface area contributed by atoms with Crippen molar-refractivity contribution in [1.82, 2.24) is 18.6 Å². The maximum Gasteiger partial charge on any atom is 0.281 e. The van der Waals surface area contributed by atoms with E-state index in [-0.39, 0.29) is 5.92 Å². The molecular formula is C23H33N5O2S. The van der Waals surface area contributed by atoms with Gasteiger partial charge in [-0.2, -0.15) is 17.0 Å². The van der Waals surface area contributed by atoms with E-state index in [1.807, 2.05) is 19.9 Å². The zero-order valence-electron chi connectivity index (χ0n) is 18.8. The van der Waals surface area contributed by atoms with E-state index < -0.39 is 10.2 Å². The van der Waals surface area contributed by atoms with Crippen LogP contribution in [0.3, 0.4) is 0 Å². The molecule has 1 aromatic heterocycles. The Balaban J connectivity index is 1.58. The quantitative estimate of drug-likeness (QED) is 0.658. The molecule has 0 N–H and O–H groups in total. The first-order chi connectivity index (χ1) is 14.9. The first-order valence-corrected chi connectivity index (χ1v) is 12.7. The standard InChI is InChI=1S/C23H33N5O2S/c1-4-27(5-2)31(29,30)28-15-13-20(17-28)22-24-18(3)21-12-9-14-26(23(21)25-22)16-19-10-7-6-8-11-19/h6-8,10-11,20H,4-5,9,12-17H2,1-3H3/t20-/m0/s1. The predicted octanol–water partition coefficient (Wildman–Crippen LogP) is 3.11. The van der Waals surface area contributed by atoms with Crippen molar-refractivity contribution in [2.75, 3.05) is 37.6 Å². The molecule has 0 amide bonds. The number of aryl methyl sites for hydroxylation is 1. The highest BCUT2D eigenvalue weighted by Crippen LogP contribution is 2.33. The van der Waals surface area contributed by atoms with Gasteiger partial charge in [0.15, 0.2) is 0 Å². The van der Waals surface area contributed by atoms with E-state index in [2.05, 4.69) is 36.1 Å². The van der Waals surface area contributed by atoms with E-state index in [4.69, 9.17) is 9.97 Å². The Labute approximate surface area is 186 Å². The molecule has 168 valence electrons. The largest absolute Gasteiger partial charge is 0.352 e. The molecular weight excluding hydrogens is 410 g/mol. The molecule has 8 heteroatoms. The third-order valence-corrected chi connectivity index (χ3v) is 8.61. The molecule has 1 aromatic carbocycles. The first-order valence-electron chi connectivity index (χ1n) is 11.4. The van der Waals surface area contributed by atoms with Crippen molar-refractivity contribution in [2.24, 2.45) is 0 Å². The predicted molar refractivity (Wildman–Crippen MR) is 123 cm³/mol. The molecule has 2 aromatic rings. The Hall–Kier alpha value is -2.03. The van der Waals surface area contributed by atoms with Crippen LogP contribution in [0.1, 0.15) is 55.3 Å². The number of aromatic nitrogens is 2. The number of hydrogen-bond donors (Lipinski definition) is 0. The average molecular weight is 444 g/mol. The van der Waals surface area contributed by atoms with Crippen molar-refractivity contribution in [3.63, 3.8) is 0 Å². The summed E-state index contributed by atoms with van der Waals surface area (Å²) in [4.78, 5) is 12.2. The van der Waals surface area contributed by atoms with Gasteiger partial charge in [-0.3, -0.25) is 0 Å². The molecule has 3 heterocycles. The van der Waals surface area contributed by atoms with E-state index >= 15 is 0 Å². The van der Waals surface area contributed by atoms with Crippen LogP contribution in [0.4, 0.5) is 5.82 Å². The van der Waals surface area contributed by atoms with Crippen molar-refractivity contribution in [3.05, 3.63) is 53.0 Å². The highest BCUT2D eigenvalue weighted by Gasteiger charge is 2.37. The second kappa shape index (κ2) is 9.22. The van der Waals surface area contributed by atoms with Gasteiger partial charge in [0.1, 0.15) is 11.6 Å². The Morgan fingerprint density at radius 1 is 1.10 bits per heavy atom. The molecule has 4 rings (SSSR count). The zero-order chi connectivity index (χ0) is 22.0. The van der Waals surface area contributed by atoms with Gasteiger partial charge >= 0.3 is 0 Å². The second-order valence-corrected chi connectivity index (χ2v) is 10.3. The summed E-state index contributed by atoms with van der Waals surface area (Å²) in [5.74, 6) is 1.85. The normalized spacial score (nSPS) is 19.7. The van der Waals surface area contributed by atoms with Crippen molar-refractivity contribution < 1.29 is 8.42 Å². The van der Waals surface area contributed by atoms with Gasteiger partial charge in [0.2, 0.25) is 0 Å². The molecule has 1 atom stereocenters. The van der Waals surface area contributed by atoms with Crippen LogP contribution in [-0.2, 0) is 23.2 Å². The summed E-state index contributed by atoms with van der Waals surface area (Å²) in [6.45, 7) is 9.59. The Morgan fingerprint density at radius 2 is 1.84 bits per heavy atom. The first kappa shape index (κ1) is 22.2. The molecule has 0 spiro atoms. The van der Waals surface area contributed by atoms with Crippen LogP contribution in [0.2, 0.25) is 0 Å². The molecule has 31 heavy (non-hydrogen) atoms. The maximum absolute atomic E-state index is 12.9. The molecule has 0 saturated carbocycles. The van der Waals surface area contributed by atoms with E-state index in [0.29, 0.717) is 26.2 Å². The van der Waals surface area contributed by atoms with E-state index in [9.17, 15) is 8.42 Å². The maximum atomic E-state index is 12.9. The fourth-order valence-electron chi connectivity index (χ4n) is 4.71. The summed E-state index contributed by atoms with van der Waals surface area (Å²) in [5, 5.41) is 0. The minimum atomic E-state index is -3.42. The van der Waals surface area contributed by atoms with Gasteiger partial charge in [0, 0.05) is 56.4 Å². The molecule has 0 aliphatic carbocycles. The van der Waals surface area contributed by atoms with Crippen LogP contribution in [0.15, 0.2) is 30.3 Å². The lowest BCUT2D eigenvalue weighted by molar-refractivity contribution is 0.377. The fourth-order valence-corrected chi connectivity index (χ4v) is 6.39. The lowest BCUT2D eigenvalue weighted by Crippen LogP contribution is -2.42. The summed E-state index contributed by atoms with van der Waals surface area (Å²) >= 11 is 0. The SMILES string of the molecule is CCN(CC)S(=O)(=O)N1CC[C@H](c2nc(C)c3c(n2)N(Cc2ccccc2)CCC3)C1. The van der Waals surface area contributed by atoms with Crippen molar-refractivity contribution in [2.45, 2.75) is 52.5 Å². The topological polar surface area (TPSA) is 69.6 Å². The summed E-state index contributed by atoms with van der Waals surface area (Å²) in [6, 6.07) is 10.5. The molecule has 0 radical (unpaired) electrons. The fraction of sp³-hybridized carbons (Fsp3) is 0.565. The number of hydrogen-bond acceptors (Lipinski definition) is 5. The van der Waals surface area contributed by atoms with Crippen molar-refractivity contribution >= 4 is 16.0 Å². The van der Waals surface area contributed by atoms with Gasteiger partial charge in [-0.1, -0.05) is 44.2 Å². The molecule has 0 bridgehead atoms. The number of benzene rings is 1. The lowest BCUT2D eigenvalue weighted by atomic mass is 10.0. The number of anilines is 1. The lowest BCUT2D eigenvalue weighted by Gasteiger charge is -2.31. The molecule has 2 aliphatic rings. The van der Waals surface area contributed by atoms with E-state index in [1.54, 1.807) is 4.31 Å². The highest BCUT2D eigenvalue weighted by molar-refractivity contribution is 7.86. The van der Waals surface area contributed by atoms with Crippen LogP contribution in [0.25, 0.3) is 0 Å². The van der Waals surface area contributed by atoms with E-state index in [0.717, 1.165) is 49.7 Å². The van der Waals surface area contributed by atoms with E-state index in [1.165, 1.54) is 15.4 Å². The molecule has 2 aliphatic heterocycles. The Morgan fingerprint density at radius 3 is 2.55 bits per heavy atom. The number of rotatable bonds is 7. The Bertz CT molecular complexity index is 1010.